The number of ether oxygens (including phenoxy) is 1. The Balaban J connectivity index is 2.28. The molecule has 1 saturated carbocycles. The zero-order chi connectivity index (χ0) is 10.8. The van der Waals surface area contributed by atoms with E-state index < -0.39 is 0 Å². The Morgan fingerprint density at radius 1 is 1.53 bits per heavy atom. The lowest BCUT2D eigenvalue weighted by Crippen LogP contribution is -1.92. The van der Waals surface area contributed by atoms with Crippen molar-refractivity contribution in [3.05, 3.63) is 45.6 Å². The number of hydrogen-bond acceptors (Lipinski definition) is 1. The van der Waals surface area contributed by atoms with E-state index in [-0.39, 0.29) is 0 Å². The minimum atomic E-state index is 0.543. The van der Waals surface area contributed by atoms with Crippen LogP contribution in [0, 0.1) is 0 Å². The number of rotatable bonds is 4. The Morgan fingerprint density at radius 3 is 2.87 bits per heavy atom. The first-order chi connectivity index (χ1) is 7.22. The van der Waals surface area contributed by atoms with Crippen molar-refractivity contribution < 1.29 is 4.74 Å². The smallest absolute Gasteiger partial charge is 0.113 e. The van der Waals surface area contributed by atoms with Gasteiger partial charge in [-0.05, 0) is 36.5 Å². The van der Waals surface area contributed by atoms with Gasteiger partial charge < -0.3 is 4.74 Å². The van der Waals surface area contributed by atoms with Crippen LogP contribution in [-0.2, 0) is 11.3 Å². The van der Waals surface area contributed by atoms with Crippen LogP contribution < -0.4 is 0 Å². The molecule has 0 heterocycles. The Hall–Kier alpha value is -0.470. The van der Waals surface area contributed by atoms with E-state index >= 15 is 0 Å². The van der Waals surface area contributed by atoms with E-state index in [1.165, 1.54) is 24.7 Å². The van der Waals surface area contributed by atoms with Gasteiger partial charge in [-0.1, -0.05) is 34.1 Å². The molecule has 0 saturated heterocycles. The second-order valence-electron chi connectivity index (χ2n) is 3.72. The third kappa shape index (κ3) is 2.56. The van der Waals surface area contributed by atoms with Gasteiger partial charge in [0.15, 0.2) is 0 Å². The van der Waals surface area contributed by atoms with Crippen molar-refractivity contribution in [1.29, 1.82) is 0 Å². The fourth-order valence-electron chi connectivity index (χ4n) is 1.58. The molecular weight excluding hydrogens is 275 g/mol. The highest BCUT2D eigenvalue weighted by molar-refractivity contribution is 9.10. The lowest BCUT2D eigenvalue weighted by molar-refractivity contribution is 0.237. The van der Waals surface area contributed by atoms with Gasteiger partial charge in [0.05, 0.1) is 6.26 Å². The topological polar surface area (TPSA) is 9.23 Å². The summed E-state index contributed by atoms with van der Waals surface area (Å²) in [5.41, 5.74) is 2.38. The van der Waals surface area contributed by atoms with Crippen LogP contribution in [0.5, 0.6) is 0 Å². The summed E-state index contributed by atoms with van der Waals surface area (Å²) in [5, 5.41) is 0.853. The summed E-state index contributed by atoms with van der Waals surface area (Å²) in [6.07, 6.45) is 3.96. The normalized spacial score (nSPS) is 15.1. The van der Waals surface area contributed by atoms with Gasteiger partial charge in [0, 0.05) is 15.1 Å². The van der Waals surface area contributed by atoms with Crippen LogP contribution in [0.1, 0.15) is 29.9 Å². The summed E-state index contributed by atoms with van der Waals surface area (Å²) in [5.74, 6) is 0.660. The maximum absolute atomic E-state index is 6.18. The molecule has 0 aliphatic heterocycles. The number of halogens is 2. The lowest BCUT2D eigenvalue weighted by Gasteiger charge is -2.09. The molecule has 0 N–H and O–H groups in total. The van der Waals surface area contributed by atoms with E-state index in [9.17, 15) is 0 Å². The quantitative estimate of drug-likeness (QED) is 0.733. The van der Waals surface area contributed by atoms with Crippen LogP contribution in [0.2, 0.25) is 5.02 Å². The average Bonchev–Trinajstić information content (AvgIpc) is 3.00. The van der Waals surface area contributed by atoms with Crippen molar-refractivity contribution in [3.63, 3.8) is 0 Å². The molecule has 2 rings (SSSR count). The van der Waals surface area contributed by atoms with Crippen LogP contribution in [0.3, 0.4) is 0 Å². The summed E-state index contributed by atoms with van der Waals surface area (Å²) in [7, 11) is 0. The second kappa shape index (κ2) is 4.58. The van der Waals surface area contributed by atoms with Crippen molar-refractivity contribution in [1.82, 2.24) is 0 Å². The summed E-state index contributed by atoms with van der Waals surface area (Å²) in [4.78, 5) is 0. The van der Waals surface area contributed by atoms with E-state index in [4.69, 9.17) is 16.3 Å². The minimum Gasteiger partial charge on any atom is -0.497 e. The van der Waals surface area contributed by atoms with Crippen LogP contribution in [-0.4, -0.2) is 0 Å². The van der Waals surface area contributed by atoms with Gasteiger partial charge in [0.2, 0.25) is 0 Å². The van der Waals surface area contributed by atoms with Crippen molar-refractivity contribution in [2.24, 2.45) is 0 Å². The number of hydrogen-bond donors (Lipinski definition) is 0. The fraction of sp³-hybridized carbons (Fsp3) is 0.333. The maximum Gasteiger partial charge on any atom is 0.113 e. The average molecular weight is 288 g/mol. The van der Waals surface area contributed by atoms with E-state index in [1.54, 1.807) is 0 Å². The number of benzene rings is 1. The molecule has 0 aromatic heterocycles. The lowest BCUT2D eigenvalue weighted by atomic mass is 10.1. The second-order valence-corrected chi connectivity index (χ2v) is 4.98. The molecule has 15 heavy (non-hydrogen) atoms. The van der Waals surface area contributed by atoms with E-state index in [1.807, 2.05) is 6.07 Å². The van der Waals surface area contributed by atoms with Crippen molar-refractivity contribution >= 4 is 27.5 Å². The Labute approximate surface area is 103 Å². The monoisotopic (exact) mass is 286 g/mol. The highest BCUT2D eigenvalue weighted by Gasteiger charge is 2.26. The molecular formula is C12H12BrClO. The molecule has 0 unspecified atom stereocenters. The third-order valence-corrected chi connectivity index (χ3v) is 3.61. The van der Waals surface area contributed by atoms with Gasteiger partial charge in [-0.2, -0.15) is 0 Å². The zero-order valence-corrected chi connectivity index (χ0v) is 10.6. The molecule has 0 bridgehead atoms. The largest absolute Gasteiger partial charge is 0.497 e. The molecule has 1 aliphatic rings. The van der Waals surface area contributed by atoms with Crippen molar-refractivity contribution in [3.8, 4) is 0 Å². The molecule has 1 fully saturated rings. The summed E-state index contributed by atoms with van der Waals surface area (Å²) in [6.45, 7) is 4.07. The van der Waals surface area contributed by atoms with Crippen molar-refractivity contribution in [2.45, 2.75) is 25.4 Å². The summed E-state index contributed by atoms with van der Waals surface area (Å²) >= 11 is 9.66. The van der Waals surface area contributed by atoms with Crippen LogP contribution in [0.4, 0.5) is 0 Å². The van der Waals surface area contributed by atoms with Crippen LogP contribution >= 0.6 is 27.5 Å². The van der Waals surface area contributed by atoms with Crippen LogP contribution in [0.25, 0.3) is 0 Å². The standard InChI is InChI=1S/C12H12BrClO/c1-2-15-7-9-5-10(8-3-4-8)12(14)6-11(9)13/h2,5-6,8H,1,3-4,7H2. The van der Waals surface area contributed by atoms with Gasteiger partial charge in [-0.3, -0.25) is 0 Å². The molecule has 0 radical (unpaired) electrons. The molecule has 3 heteroatoms. The summed E-state index contributed by atoms with van der Waals surface area (Å²) < 4.78 is 6.19. The Morgan fingerprint density at radius 2 is 2.27 bits per heavy atom. The summed E-state index contributed by atoms with van der Waals surface area (Å²) in [6, 6.07) is 4.09. The molecule has 80 valence electrons. The molecule has 0 amide bonds. The molecule has 1 aliphatic carbocycles. The fourth-order valence-corrected chi connectivity index (χ4v) is 2.49. The molecule has 1 aromatic carbocycles. The molecule has 0 atom stereocenters. The van der Waals surface area contributed by atoms with Crippen LogP contribution in [0.15, 0.2) is 29.4 Å². The van der Waals surface area contributed by atoms with Gasteiger partial charge in [-0.25, -0.2) is 0 Å². The molecule has 1 nitrogen and oxygen atoms in total. The SMILES string of the molecule is C=COCc1cc(C2CC2)c(Cl)cc1Br. The van der Waals surface area contributed by atoms with Gasteiger partial charge in [0.1, 0.15) is 6.61 Å². The van der Waals surface area contributed by atoms with Gasteiger partial charge in [0.25, 0.3) is 0 Å². The highest BCUT2D eigenvalue weighted by atomic mass is 79.9. The van der Waals surface area contributed by atoms with Gasteiger partial charge >= 0.3 is 0 Å². The predicted molar refractivity (Wildman–Crippen MR) is 66.1 cm³/mol. The molecule has 1 aromatic rings. The maximum atomic E-state index is 6.18. The Kier molecular flexibility index (Phi) is 3.37. The van der Waals surface area contributed by atoms with Gasteiger partial charge in [-0.15, -0.1) is 0 Å². The first-order valence-corrected chi connectivity index (χ1v) is 6.09. The predicted octanol–water partition coefficient (Wildman–Crippen LogP) is 4.64. The van der Waals surface area contributed by atoms with E-state index in [2.05, 4.69) is 28.6 Å². The van der Waals surface area contributed by atoms with E-state index in [0.29, 0.717) is 12.5 Å². The minimum absolute atomic E-state index is 0.543. The first-order valence-electron chi connectivity index (χ1n) is 4.92. The Bertz CT molecular complexity index is 385. The zero-order valence-electron chi connectivity index (χ0n) is 8.30. The molecule has 0 spiro atoms. The first kappa shape index (κ1) is 11.0. The highest BCUT2D eigenvalue weighted by Crippen LogP contribution is 2.44. The van der Waals surface area contributed by atoms with E-state index in [0.717, 1.165) is 15.1 Å². The third-order valence-electron chi connectivity index (χ3n) is 2.54. The van der Waals surface area contributed by atoms with Crippen molar-refractivity contribution in [2.75, 3.05) is 0 Å².